The van der Waals surface area contributed by atoms with E-state index in [1.807, 2.05) is 0 Å². The number of hydrogen-bond acceptors (Lipinski definition) is 5. The molecule has 1 saturated carbocycles. The van der Waals surface area contributed by atoms with E-state index >= 15 is 0 Å². The summed E-state index contributed by atoms with van der Waals surface area (Å²) in [5.74, 6) is 1.20. The molecule has 140 valence electrons. The molecule has 0 spiro atoms. The Morgan fingerprint density at radius 2 is 1.84 bits per heavy atom. The van der Waals surface area contributed by atoms with E-state index in [2.05, 4.69) is 16.6 Å². The van der Waals surface area contributed by atoms with Crippen LogP contribution in [0.15, 0.2) is 0 Å². The molecule has 1 aliphatic rings. The average Bonchev–Trinajstić information content (AvgIpc) is 2.51. The second-order valence-corrected chi connectivity index (χ2v) is 7.07. The predicted octanol–water partition coefficient (Wildman–Crippen LogP) is 1.90. The van der Waals surface area contributed by atoms with E-state index in [9.17, 15) is 14.4 Å². The van der Waals surface area contributed by atoms with Crippen LogP contribution >= 0.6 is 0 Å². The maximum absolute atomic E-state index is 12.1. The first-order valence-electron chi connectivity index (χ1n) is 8.61. The number of rotatable bonds is 6. The van der Waals surface area contributed by atoms with Gasteiger partial charge in [0.2, 0.25) is 5.91 Å². The quantitative estimate of drug-likeness (QED) is 0.562. The van der Waals surface area contributed by atoms with E-state index in [1.54, 1.807) is 20.8 Å². The molecule has 0 radical (unpaired) electrons. The van der Waals surface area contributed by atoms with Crippen LogP contribution < -0.4 is 10.6 Å². The Balaban J connectivity index is 2.62. The summed E-state index contributed by atoms with van der Waals surface area (Å²) >= 11 is 0. The lowest BCUT2D eigenvalue weighted by Crippen LogP contribution is -2.49. The van der Waals surface area contributed by atoms with Gasteiger partial charge in [-0.05, 0) is 46.5 Å². The highest BCUT2D eigenvalue weighted by Gasteiger charge is 2.28. The number of alkyl carbamates (subject to hydrolysis) is 1. The molecule has 7 heteroatoms. The van der Waals surface area contributed by atoms with Gasteiger partial charge in [0.25, 0.3) is 0 Å². The monoisotopic (exact) mass is 352 g/mol. The standard InChI is InChI=1S/C18H28N2O5/c1-5-11-19-16(22)14(20-17(23)25-18(2,3)4)12-15(21)24-13-9-7-6-8-10-13/h1,13-14H,6-12H2,2-4H3,(H,19,22)(H,20,23)/t14-/m0/s1. The number of nitrogens with one attached hydrogen (secondary N) is 2. The fourth-order valence-electron chi connectivity index (χ4n) is 2.50. The Hall–Kier alpha value is -2.23. The predicted molar refractivity (Wildman–Crippen MR) is 92.6 cm³/mol. The molecular formula is C18H28N2O5. The van der Waals surface area contributed by atoms with E-state index < -0.39 is 29.6 Å². The fourth-order valence-corrected chi connectivity index (χ4v) is 2.50. The van der Waals surface area contributed by atoms with Crippen molar-refractivity contribution < 1.29 is 23.9 Å². The number of esters is 1. The normalized spacial score (nSPS) is 16.2. The molecule has 0 aliphatic heterocycles. The van der Waals surface area contributed by atoms with Gasteiger partial charge in [-0.15, -0.1) is 6.42 Å². The lowest BCUT2D eigenvalue weighted by Gasteiger charge is -2.24. The van der Waals surface area contributed by atoms with Gasteiger partial charge in [-0.3, -0.25) is 9.59 Å². The Kier molecular flexibility index (Phi) is 8.26. The van der Waals surface area contributed by atoms with Crippen molar-refractivity contribution in [2.75, 3.05) is 6.54 Å². The van der Waals surface area contributed by atoms with Gasteiger partial charge < -0.3 is 20.1 Å². The molecule has 0 aromatic carbocycles. The number of carbonyl (C=O) groups is 3. The first kappa shape index (κ1) is 20.8. The van der Waals surface area contributed by atoms with Gasteiger partial charge in [0, 0.05) is 0 Å². The molecule has 1 atom stereocenters. The Bertz CT molecular complexity index is 513. The fraction of sp³-hybridized carbons (Fsp3) is 0.722. The summed E-state index contributed by atoms with van der Waals surface area (Å²) in [5.41, 5.74) is -0.716. The zero-order valence-electron chi connectivity index (χ0n) is 15.2. The molecule has 0 saturated heterocycles. The maximum atomic E-state index is 12.1. The minimum atomic E-state index is -1.10. The molecule has 1 rings (SSSR count). The lowest BCUT2D eigenvalue weighted by molar-refractivity contribution is -0.152. The van der Waals surface area contributed by atoms with Gasteiger partial charge in [0.1, 0.15) is 17.7 Å². The Labute approximate surface area is 149 Å². The number of hydrogen-bond donors (Lipinski definition) is 2. The highest BCUT2D eigenvalue weighted by Crippen LogP contribution is 2.20. The van der Waals surface area contributed by atoms with E-state index in [1.165, 1.54) is 0 Å². The first-order valence-corrected chi connectivity index (χ1v) is 8.61. The van der Waals surface area contributed by atoms with Crippen LogP contribution in [0.2, 0.25) is 0 Å². The molecular weight excluding hydrogens is 324 g/mol. The molecule has 0 heterocycles. The smallest absolute Gasteiger partial charge is 0.408 e. The van der Waals surface area contributed by atoms with Crippen LogP contribution in [0.1, 0.15) is 59.3 Å². The van der Waals surface area contributed by atoms with Gasteiger partial charge in [0.15, 0.2) is 0 Å². The molecule has 1 aliphatic carbocycles. The second-order valence-electron chi connectivity index (χ2n) is 7.07. The van der Waals surface area contributed by atoms with Crippen molar-refractivity contribution >= 4 is 18.0 Å². The van der Waals surface area contributed by atoms with Crippen molar-refractivity contribution in [1.29, 1.82) is 0 Å². The second kappa shape index (κ2) is 9.92. The molecule has 1 fully saturated rings. The largest absolute Gasteiger partial charge is 0.462 e. The summed E-state index contributed by atoms with van der Waals surface area (Å²) in [6.45, 7) is 5.12. The summed E-state index contributed by atoms with van der Waals surface area (Å²) < 4.78 is 10.5. The van der Waals surface area contributed by atoms with Gasteiger partial charge in [-0.2, -0.15) is 0 Å². The summed E-state index contributed by atoms with van der Waals surface area (Å²) in [6.07, 6.45) is 8.82. The lowest BCUT2D eigenvalue weighted by atomic mass is 9.98. The topological polar surface area (TPSA) is 93.7 Å². The molecule has 2 amide bonds. The van der Waals surface area contributed by atoms with Crippen molar-refractivity contribution in [3.63, 3.8) is 0 Å². The Morgan fingerprint density at radius 1 is 1.20 bits per heavy atom. The Morgan fingerprint density at radius 3 is 2.40 bits per heavy atom. The van der Waals surface area contributed by atoms with Crippen molar-refractivity contribution in [1.82, 2.24) is 10.6 Å². The SMILES string of the molecule is C#CCNC(=O)[C@H](CC(=O)OC1CCCCC1)NC(=O)OC(C)(C)C. The summed E-state index contributed by atoms with van der Waals surface area (Å²) in [4.78, 5) is 36.2. The molecule has 25 heavy (non-hydrogen) atoms. The number of terminal acetylenes is 1. The third-order valence-electron chi connectivity index (χ3n) is 3.59. The third kappa shape index (κ3) is 8.99. The van der Waals surface area contributed by atoms with E-state index in [0.29, 0.717) is 0 Å². The number of ether oxygens (including phenoxy) is 2. The van der Waals surface area contributed by atoms with Crippen LogP contribution in [-0.4, -0.2) is 42.3 Å². The van der Waals surface area contributed by atoms with E-state index in [4.69, 9.17) is 15.9 Å². The van der Waals surface area contributed by atoms with Gasteiger partial charge in [-0.25, -0.2) is 4.79 Å². The first-order chi connectivity index (χ1) is 11.7. The zero-order chi connectivity index (χ0) is 18.9. The van der Waals surface area contributed by atoms with Gasteiger partial charge in [0.05, 0.1) is 13.0 Å². The molecule has 2 N–H and O–H groups in total. The van der Waals surface area contributed by atoms with Crippen LogP contribution in [0.25, 0.3) is 0 Å². The molecule has 0 aromatic rings. The van der Waals surface area contributed by atoms with E-state index in [0.717, 1.165) is 32.1 Å². The number of amides is 2. The maximum Gasteiger partial charge on any atom is 0.408 e. The van der Waals surface area contributed by atoms with Crippen molar-refractivity contribution in [2.45, 2.75) is 77.0 Å². The van der Waals surface area contributed by atoms with Gasteiger partial charge >= 0.3 is 12.1 Å². The summed E-state index contributed by atoms with van der Waals surface area (Å²) in [5, 5.41) is 4.86. The molecule has 0 unspecified atom stereocenters. The highest BCUT2D eigenvalue weighted by molar-refractivity contribution is 5.89. The summed E-state index contributed by atoms with van der Waals surface area (Å²) in [6, 6.07) is -1.10. The van der Waals surface area contributed by atoms with Crippen LogP contribution in [-0.2, 0) is 19.1 Å². The summed E-state index contributed by atoms with van der Waals surface area (Å²) in [7, 11) is 0. The van der Waals surface area contributed by atoms with Crippen LogP contribution in [0.3, 0.4) is 0 Å². The van der Waals surface area contributed by atoms with Crippen molar-refractivity contribution in [2.24, 2.45) is 0 Å². The van der Waals surface area contributed by atoms with Gasteiger partial charge in [-0.1, -0.05) is 12.3 Å². The van der Waals surface area contributed by atoms with Crippen molar-refractivity contribution in [3.8, 4) is 12.3 Å². The minimum absolute atomic E-state index is 0.00298. The number of carbonyl (C=O) groups excluding carboxylic acids is 3. The molecule has 0 bridgehead atoms. The third-order valence-corrected chi connectivity index (χ3v) is 3.59. The van der Waals surface area contributed by atoms with Crippen LogP contribution in [0.5, 0.6) is 0 Å². The van der Waals surface area contributed by atoms with Crippen LogP contribution in [0.4, 0.5) is 4.79 Å². The minimum Gasteiger partial charge on any atom is -0.462 e. The highest BCUT2D eigenvalue weighted by atomic mass is 16.6. The molecule has 0 aromatic heterocycles. The van der Waals surface area contributed by atoms with Crippen LogP contribution in [0, 0.1) is 12.3 Å². The zero-order valence-corrected chi connectivity index (χ0v) is 15.2. The van der Waals surface area contributed by atoms with Crippen molar-refractivity contribution in [3.05, 3.63) is 0 Å². The average molecular weight is 352 g/mol. The van der Waals surface area contributed by atoms with E-state index in [-0.39, 0.29) is 19.1 Å². The molecule has 7 nitrogen and oxygen atoms in total.